The van der Waals surface area contributed by atoms with E-state index in [1.165, 1.54) is 0 Å². The first kappa shape index (κ1) is 11.7. The molecule has 0 spiro atoms. The lowest BCUT2D eigenvalue weighted by molar-refractivity contribution is -0.143. The van der Waals surface area contributed by atoms with Gasteiger partial charge in [-0.25, -0.2) is 0 Å². The average molecular weight is 211 g/mol. The van der Waals surface area contributed by atoms with Crippen molar-refractivity contribution in [1.29, 1.82) is 0 Å². The van der Waals surface area contributed by atoms with Crippen LogP contribution >= 0.6 is 0 Å². The van der Waals surface area contributed by atoms with Crippen LogP contribution < -0.4 is 5.73 Å². The molecular formula is C10H17N3O2. The van der Waals surface area contributed by atoms with E-state index in [9.17, 15) is 4.79 Å². The Balaban J connectivity index is 2.60. The summed E-state index contributed by atoms with van der Waals surface area (Å²) < 4.78 is 6.62. The predicted octanol–water partition coefficient (Wildman–Crippen LogP) is 0.856. The molecule has 1 aromatic rings. The topological polar surface area (TPSA) is 70.1 Å². The molecule has 0 aliphatic rings. The lowest BCUT2D eigenvalue weighted by atomic mass is 10.1. The van der Waals surface area contributed by atoms with E-state index in [2.05, 4.69) is 5.10 Å². The molecule has 1 heterocycles. The zero-order valence-corrected chi connectivity index (χ0v) is 9.14. The van der Waals surface area contributed by atoms with E-state index in [0.29, 0.717) is 6.61 Å². The van der Waals surface area contributed by atoms with Crippen LogP contribution in [0.15, 0.2) is 12.3 Å². The molecule has 84 valence electrons. The number of hydrogen-bond acceptors (Lipinski definition) is 4. The predicted molar refractivity (Wildman–Crippen MR) is 56.1 cm³/mol. The van der Waals surface area contributed by atoms with E-state index in [4.69, 9.17) is 10.5 Å². The van der Waals surface area contributed by atoms with Gasteiger partial charge in [0.05, 0.1) is 24.8 Å². The monoisotopic (exact) mass is 211 g/mol. The van der Waals surface area contributed by atoms with Gasteiger partial charge in [0, 0.05) is 12.7 Å². The Bertz CT molecular complexity index is 322. The van der Waals surface area contributed by atoms with Gasteiger partial charge in [-0.1, -0.05) is 0 Å². The van der Waals surface area contributed by atoms with Crippen LogP contribution in [0.3, 0.4) is 0 Å². The first-order chi connectivity index (χ1) is 7.19. The highest BCUT2D eigenvalue weighted by molar-refractivity contribution is 5.70. The summed E-state index contributed by atoms with van der Waals surface area (Å²) in [5, 5.41) is 4.09. The molecule has 0 fully saturated rings. The minimum absolute atomic E-state index is 0.194. The highest BCUT2D eigenvalue weighted by Gasteiger charge is 2.15. The van der Waals surface area contributed by atoms with Crippen LogP contribution in [-0.4, -0.2) is 22.4 Å². The maximum atomic E-state index is 11.2. The molecule has 0 bridgehead atoms. The zero-order valence-electron chi connectivity index (χ0n) is 9.14. The number of carbonyl (C=O) groups excluding carboxylic acids is 1. The number of rotatable bonds is 5. The lowest BCUT2D eigenvalue weighted by Crippen LogP contribution is -2.20. The molecule has 0 saturated heterocycles. The fourth-order valence-electron chi connectivity index (χ4n) is 1.43. The highest BCUT2D eigenvalue weighted by atomic mass is 16.5. The Labute approximate surface area is 89.2 Å². The van der Waals surface area contributed by atoms with Crippen molar-refractivity contribution in [2.75, 3.05) is 6.61 Å². The summed E-state index contributed by atoms with van der Waals surface area (Å²) in [6.45, 7) is 4.89. The number of ether oxygens (including phenoxy) is 1. The average Bonchev–Trinajstić information content (AvgIpc) is 2.65. The number of aryl methyl sites for hydroxylation is 1. The molecule has 0 amide bonds. The van der Waals surface area contributed by atoms with Gasteiger partial charge in [0.2, 0.25) is 0 Å². The molecule has 1 aromatic heterocycles. The normalized spacial score (nSPS) is 12.5. The number of carbonyl (C=O) groups is 1. The fourth-order valence-corrected chi connectivity index (χ4v) is 1.43. The summed E-state index contributed by atoms with van der Waals surface area (Å²) in [5.74, 6) is -0.270. The second-order valence-corrected chi connectivity index (χ2v) is 3.19. The maximum absolute atomic E-state index is 11.2. The van der Waals surface area contributed by atoms with Crippen LogP contribution in [0.2, 0.25) is 0 Å². The van der Waals surface area contributed by atoms with Crippen molar-refractivity contribution < 1.29 is 9.53 Å². The third-order valence-electron chi connectivity index (χ3n) is 2.12. The smallest absolute Gasteiger partial charge is 0.307 e. The van der Waals surface area contributed by atoms with Gasteiger partial charge in [0.15, 0.2) is 0 Å². The SMILES string of the molecule is CCOC(=O)C[C@@H](N)c1ccnn1CC. The fraction of sp³-hybridized carbons (Fsp3) is 0.600. The van der Waals surface area contributed by atoms with Gasteiger partial charge in [-0.2, -0.15) is 5.10 Å². The van der Waals surface area contributed by atoms with Crippen LogP contribution in [0.1, 0.15) is 32.0 Å². The van der Waals surface area contributed by atoms with Crippen LogP contribution in [0.5, 0.6) is 0 Å². The third kappa shape index (κ3) is 3.06. The second-order valence-electron chi connectivity index (χ2n) is 3.19. The van der Waals surface area contributed by atoms with Crippen LogP contribution in [0, 0.1) is 0 Å². The van der Waals surface area contributed by atoms with E-state index >= 15 is 0 Å². The van der Waals surface area contributed by atoms with E-state index in [1.54, 1.807) is 17.8 Å². The summed E-state index contributed by atoms with van der Waals surface area (Å²) in [7, 11) is 0. The van der Waals surface area contributed by atoms with Crippen molar-refractivity contribution in [2.45, 2.75) is 32.9 Å². The number of hydrogen-bond donors (Lipinski definition) is 1. The largest absolute Gasteiger partial charge is 0.466 e. The minimum Gasteiger partial charge on any atom is -0.466 e. The van der Waals surface area contributed by atoms with Gasteiger partial charge in [-0.3, -0.25) is 9.48 Å². The molecule has 0 aliphatic heterocycles. The summed E-state index contributed by atoms with van der Waals surface area (Å²) in [5.41, 5.74) is 6.75. The standard InChI is InChI=1S/C10H17N3O2/c1-3-13-9(5-6-12-13)8(11)7-10(14)15-4-2/h5-6,8H,3-4,7,11H2,1-2H3/t8-/m1/s1. The highest BCUT2D eigenvalue weighted by Crippen LogP contribution is 2.13. The molecule has 15 heavy (non-hydrogen) atoms. The number of aromatic nitrogens is 2. The molecule has 1 atom stereocenters. The van der Waals surface area contributed by atoms with Crippen LogP contribution in [0.25, 0.3) is 0 Å². The van der Waals surface area contributed by atoms with Crippen LogP contribution in [-0.2, 0) is 16.1 Å². The van der Waals surface area contributed by atoms with Crippen LogP contribution in [0.4, 0.5) is 0 Å². The molecule has 0 aromatic carbocycles. The van der Waals surface area contributed by atoms with Crippen molar-refractivity contribution in [1.82, 2.24) is 9.78 Å². The minimum atomic E-state index is -0.341. The summed E-state index contributed by atoms with van der Waals surface area (Å²) in [6, 6.07) is 1.49. The van der Waals surface area contributed by atoms with Crippen molar-refractivity contribution in [3.63, 3.8) is 0 Å². The molecule has 5 heteroatoms. The van der Waals surface area contributed by atoms with Crippen molar-refractivity contribution in [3.8, 4) is 0 Å². The lowest BCUT2D eigenvalue weighted by Gasteiger charge is -2.12. The van der Waals surface area contributed by atoms with E-state index < -0.39 is 0 Å². The van der Waals surface area contributed by atoms with E-state index in [0.717, 1.165) is 12.2 Å². The first-order valence-electron chi connectivity index (χ1n) is 5.11. The molecule has 5 nitrogen and oxygen atoms in total. The Kier molecular flexibility index (Phi) is 4.30. The van der Waals surface area contributed by atoms with E-state index in [1.807, 2.05) is 13.0 Å². The summed E-state index contributed by atoms with van der Waals surface area (Å²) in [6.07, 6.45) is 1.88. The van der Waals surface area contributed by atoms with Gasteiger partial charge in [-0.05, 0) is 19.9 Å². The van der Waals surface area contributed by atoms with Gasteiger partial charge < -0.3 is 10.5 Å². The van der Waals surface area contributed by atoms with Crippen molar-refractivity contribution in [3.05, 3.63) is 18.0 Å². The molecule has 0 unspecified atom stereocenters. The Morgan fingerprint density at radius 2 is 2.40 bits per heavy atom. The quantitative estimate of drug-likeness (QED) is 0.733. The second kappa shape index (κ2) is 5.50. The van der Waals surface area contributed by atoms with Gasteiger partial charge in [-0.15, -0.1) is 0 Å². The first-order valence-corrected chi connectivity index (χ1v) is 5.11. The number of esters is 1. The van der Waals surface area contributed by atoms with Crippen molar-refractivity contribution in [2.24, 2.45) is 5.73 Å². The number of nitrogens with two attached hydrogens (primary N) is 1. The molecule has 2 N–H and O–H groups in total. The molecular weight excluding hydrogens is 194 g/mol. The Morgan fingerprint density at radius 3 is 3.00 bits per heavy atom. The number of nitrogens with zero attached hydrogens (tertiary/aromatic N) is 2. The molecule has 0 radical (unpaired) electrons. The van der Waals surface area contributed by atoms with Gasteiger partial charge in [0.25, 0.3) is 0 Å². The van der Waals surface area contributed by atoms with Gasteiger partial charge in [0.1, 0.15) is 0 Å². The molecule has 0 saturated carbocycles. The Hall–Kier alpha value is -1.36. The molecule has 0 aliphatic carbocycles. The molecule has 1 rings (SSSR count). The third-order valence-corrected chi connectivity index (χ3v) is 2.12. The van der Waals surface area contributed by atoms with Gasteiger partial charge >= 0.3 is 5.97 Å². The Morgan fingerprint density at radius 1 is 1.67 bits per heavy atom. The summed E-state index contributed by atoms with van der Waals surface area (Å²) in [4.78, 5) is 11.2. The van der Waals surface area contributed by atoms with E-state index in [-0.39, 0.29) is 18.4 Å². The zero-order chi connectivity index (χ0) is 11.3. The summed E-state index contributed by atoms with van der Waals surface area (Å²) >= 11 is 0. The maximum Gasteiger partial charge on any atom is 0.307 e. The van der Waals surface area contributed by atoms with Crippen molar-refractivity contribution >= 4 is 5.97 Å².